The Bertz CT molecular complexity index is 549. The summed E-state index contributed by atoms with van der Waals surface area (Å²) in [4.78, 5) is 12.2. The second kappa shape index (κ2) is 20.2. The number of hydrogen-bond donors (Lipinski definition) is 3. The zero-order valence-corrected chi connectivity index (χ0v) is 20.6. The number of unbranched alkanes of at least 4 members (excludes halogenated alkanes) is 14. The molecule has 4 nitrogen and oxygen atoms in total. The van der Waals surface area contributed by atoms with Gasteiger partial charge >= 0.3 is 0 Å². The van der Waals surface area contributed by atoms with Crippen LogP contribution in [-0.2, 0) is 4.79 Å². The predicted octanol–water partition coefficient (Wildman–Crippen LogP) is 6.85. The molecular weight excluding hydrogens is 398 g/mol. The van der Waals surface area contributed by atoms with Gasteiger partial charge in [0.05, 0.1) is 18.8 Å². The first-order chi connectivity index (χ1) is 15.7. The first-order valence-corrected chi connectivity index (χ1v) is 13.3. The Morgan fingerprint density at radius 2 is 1.25 bits per heavy atom. The van der Waals surface area contributed by atoms with Gasteiger partial charge < -0.3 is 15.5 Å². The van der Waals surface area contributed by atoms with Crippen molar-refractivity contribution in [1.82, 2.24) is 5.32 Å². The number of rotatable bonds is 21. The molecule has 1 rings (SSSR count). The van der Waals surface area contributed by atoms with Crippen LogP contribution in [0.25, 0.3) is 0 Å². The van der Waals surface area contributed by atoms with Gasteiger partial charge in [0.2, 0.25) is 5.91 Å². The van der Waals surface area contributed by atoms with Crippen LogP contribution in [0.4, 0.5) is 0 Å². The van der Waals surface area contributed by atoms with E-state index in [1.165, 1.54) is 83.5 Å². The summed E-state index contributed by atoms with van der Waals surface area (Å²) in [7, 11) is 0. The molecule has 4 heteroatoms. The van der Waals surface area contributed by atoms with Crippen molar-refractivity contribution in [3.05, 3.63) is 35.9 Å². The predicted molar refractivity (Wildman–Crippen MR) is 135 cm³/mol. The lowest BCUT2D eigenvalue weighted by atomic mass is 10.0. The maximum atomic E-state index is 12.2. The normalized spacial score (nSPS) is 13.1. The molecule has 0 saturated heterocycles. The fourth-order valence-electron chi connectivity index (χ4n) is 4.22. The van der Waals surface area contributed by atoms with Gasteiger partial charge in [0.1, 0.15) is 0 Å². The Balaban J connectivity index is 1.94. The number of aliphatic hydroxyl groups excluding tert-OH is 2. The summed E-state index contributed by atoms with van der Waals surface area (Å²) in [5.41, 5.74) is 0.808. The number of benzene rings is 1. The fourth-order valence-corrected chi connectivity index (χ4v) is 4.22. The van der Waals surface area contributed by atoms with Crippen molar-refractivity contribution in [2.75, 3.05) is 6.61 Å². The highest BCUT2D eigenvalue weighted by molar-refractivity contribution is 5.76. The Morgan fingerprint density at radius 1 is 0.781 bits per heavy atom. The highest BCUT2D eigenvalue weighted by atomic mass is 16.3. The third-order valence-electron chi connectivity index (χ3n) is 6.29. The average Bonchev–Trinajstić information content (AvgIpc) is 2.81. The Kier molecular flexibility index (Phi) is 18.1. The molecule has 0 fully saturated rings. The van der Waals surface area contributed by atoms with E-state index in [9.17, 15) is 15.0 Å². The molecule has 0 heterocycles. The van der Waals surface area contributed by atoms with Gasteiger partial charge in [0, 0.05) is 6.42 Å². The molecule has 1 amide bonds. The molecule has 0 saturated carbocycles. The van der Waals surface area contributed by atoms with Crippen LogP contribution in [0.5, 0.6) is 0 Å². The first kappa shape index (κ1) is 28.6. The summed E-state index contributed by atoms with van der Waals surface area (Å²) < 4.78 is 0. The van der Waals surface area contributed by atoms with E-state index in [0.717, 1.165) is 18.4 Å². The molecule has 0 unspecified atom stereocenters. The van der Waals surface area contributed by atoms with Gasteiger partial charge in [0.25, 0.3) is 0 Å². The van der Waals surface area contributed by atoms with Crippen molar-refractivity contribution in [3.63, 3.8) is 0 Å². The lowest BCUT2D eigenvalue weighted by Gasteiger charge is -2.20. The summed E-state index contributed by atoms with van der Waals surface area (Å²) in [5.74, 6) is -0.0287. The van der Waals surface area contributed by atoms with E-state index in [1.54, 1.807) is 0 Å². The summed E-state index contributed by atoms with van der Waals surface area (Å²) in [6, 6.07) is 8.96. The lowest BCUT2D eigenvalue weighted by Crippen LogP contribution is -2.38. The van der Waals surface area contributed by atoms with Crippen molar-refractivity contribution in [1.29, 1.82) is 0 Å². The number of carbonyl (C=O) groups excluding carboxylic acids is 1. The highest BCUT2D eigenvalue weighted by Gasteiger charge is 2.17. The van der Waals surface area contributed by atoms with Gasteiger partial charge in [-0.3, -0.25) is 4.79 Å². The molecule has 1 aromatic rings. The molecule has 32 heavy (non-hydrogen) atoms. The summed E-state index contributed by atoms with van der Waals surface area (Å²) in [5, 5.41) is 22.7. The van der Waals surface area contributed by atoms with E-state index in [0.29, 0.717) is 12.8 Å². The standard InChI is InChI=1S/C28H49NO3/c1-2-3-4-5-6-7-8-9-10-11-12-13-14-15-19-22-28(32)29-26(24-30)23-27(31)25-20-17-16-18-21-25/h16-18,20-21,26-27,30-31H,2-15,19,22-24H2,1H3,(H,29,32)/t26-,27-/m1/s1. The zero-order chi connectivity index (χ0) is 23.3. The topological polar surface area (TPSA) is 69.6 Å². The van der Waals surface area contributed by atoms with Crippen LogP contribution in [0, 0.1) is 0 Å². The molecule has 0 radical (unpaired) electrons. The minimum atomic E-state index is -0.681. The maximum Gasteiger partial charge on any atom is 0.220 e. The third-order valence-corrected chi connectivity index (χ3v) is 6.29. The average molecular weight is 448 g/mol. The summed E-state index contributed by atoms with van der Waals surface area (Å²) >= 11 is 0. The van der Waals surface area contributed by atoms with Crippen LogP contribution in [0.1, 0.15) is 128 Å². The molecular formula is C28H49NO3. The largest absolute Gasteiger partial charge is 0.394 e. The second-order valence-corrected chi connectivity index (χ2v) is 9.31. The SMILES string of the molecule is CCCCCCCCCCCCCCCCCC(=O)N[C@@H](CO)C[C@@H](O)c1ccccc1. The molecule has 0 aliphatic heterocycles. The fraction of sp³-hybridized carbons (Fsp3) is 0.750. The van der Waals surface area contributed by atoms with Crippen LogP contribution in [-0.4, -0.2) is 28.8 Å². The van der Waals surface area contributed by atoms with Crippen molar-refractivity contribution >= 4 is 5.91 Å². The monoisotopic (exact) mass is 447 g/mol. The van der Waals surface area contributed by atoms with Gasteiger partial charge in [-0.05, 0) is 18.4 Å². The van der Waals surface area contributed by atoms with Gasteiger partial charge in [-0.1, -0.05) is 127 Å². The van der Waals surface area contributed by atoms with Crippen LogP contribution in [0.15, 0.2) is 30.3 Å². The number of hydrogen-bond acceptors (Lipinski definition) is 3. The molecule has 0 bridgehead atoms. The minimum Gasteiger partial charge on any atom is -0.394 e. The van der Waals surface area contributed by atoms with Crippen molar-refractivity contribution in [2.45, 2.75) is 128 Å². The number of nitrogens with one attached hydrogen (secondary N) is 1. The number of carbonyl (C=O) groups is 1. The minimum absolute atomic E-state index is 0.0287. The molecule has 184 valence electrons. The number of aliphatic hydroxyl groups is 2. The van der Waals surface area contributed by atoms with Gasteiger partial charge in [-0.25, -0.2) is 0 Å². The van der Waals surface area contributed by atoms with E-state index in [4.69, 9.17) is 0 Å². The third kappa shape index (κ3) is 15.4. The summed E-state index contributed by atoms with van der Waals surface area (Å²) in [6.07, 6.45) is 19.8. The summed E-state index contributed by atoms with van der Waals surface area (Å²) in [6.45, 7) is 2.11. The molecule has 0 spiro atoms. The molecule has 2 atom stereocenters. The number of amides is 1. The van der Waals surface area contributed by atoms with Crippen molar-refractivity contribution < 1.29 is 15.0 Å². The zero-order valence-electron chi connectivity index (χ0n) is 20.6. The van der Waals surface area contributed by atoms with E-state index in [1.807, 2.05) is 30.3 Å². The lowest BCUT2D eigenvalue weighted by molar-refractivity contribution is -0.122. The molecule has 0 aromatic heterocycles. The van der Waals surface area contributed by atoms with E-state index in [-0.39, 0.29) is 12.5 Å². The van der Waals surface area contributed by atoms with Crippen LogP contribution >= 0.6 is 0 Å². The van der Waals surface area contributed by atoms with Crippen LogP contribution < -0.4 is 5.32 Å². The van der Waals surface area contributed by atoms with Crippen LogP contribution in [0.2, 0.25) is 0 Å². The molecule has 1 aromatic carbocycles. The smallest absolute Gasteiger partial charge is 0.220 e. The van der Waals surface area contributed by atoms with Gasteiger partial charge in [-0.2, -0.15) is 0 Å². The Morgan fingerprint density at radius 3 is 1.72 bits per heavy atom. The van der Waals surface area contributed by atoms with E-state index >= 15 is 0 Å². The second-order valence-electron chi connectivity index (χ2n) is 9.31. The highest BCUT2D eigenvalue weighted by Crippen LogP contribution is 2.18. The molecule has 3 N–H and O–H groups in total. The van der Waals surface area contributed by atoms with E-state index < -0.39 is 12.1 Å². The Hall–Kier alpha value is -1.39. The van der Waals surface area contributed by atoms with Crippen LogP contribution in [0.3, 0.4) is 0 Å². The molecule has 0 aliphatic carbocycles. The Labute approximate surface area is 197 Å². The quantitative estimate of drug-likeness (QED) is 0.180. The van der Waals surface area contributed by atoms with Crippen molar-refractivity contribution in [3.8, 4) is 0 Å². The maximum absolute atomic E-state index is 12.2. The van der Waals surface area contributed by atoms with Gasteiger partial charge in [0.15, 0.2) is 0 Å². The van der Waals surface area contributed by atoms with E-state index in [2.05, 4.69) is 12.2 Å². The van der Waals surface area contributed by atoms with Crippen molar-refractivity contribution in [2.24, 2.45) is 0 Å². The van der Waals surface area contributed by atoms with Gasteiger partial charge in [-0.15, -0.1) is 0 Å². The first-order valence-electron chi connectivity index (χ1n) is 13.3. The molecule has 0 aliphatic rings.